The first-order valence-corrected chi connectivity index (χ1v) is 12.5. The molecule has 0 radical (unpaired) electrons. The van der Waals surface area contributed by atoms with Gasteiger partial charge in [0.05, 0.1) is 13.0 Å². The van der Waals surface area contributed by atoms with Crippen LogP contribution in [0.15, 0.2) is 54.6 Å². The third kappa shape index (κ3) is 9.70. The van der Waals surface area contributed by atoms with Crippen LogP contribution in [0.3, 0.4) is 0 Å². The Hall–Kier alpha value is -4.52. The normalized spacial score (nSPS) is 12.3. The standard InChI is InChI=1S/C29H35N3O7/c1-6-32(25(21-15-11-12-16-23(21)33)26(35)30-18-17-24(34)38-7-2)27(36)22(19-20-13-9-8-10-14-20)31-28(37)39-29(3,4)5/h1,8-16,22,25,33H,7,17-19H2,2-5H3,(H,30,35)(H,31,37). The van der Waals surface area contributed by atoms with E-state index in [1.807, 2.05) is 6.07 Å². The number of terminal acetylenes is 1. The van der Waals surface area contributed by atoms with Crippen LogP contribution in [0.25, 0.3) is 0 Å². The Bertz CT molecular complexity index is 1190. The van der Waals surface area contributed by atoms with Crippen LogP contribution in [0, 0.1) is 12.5 Å². The molecule has 2 unspecified atom stereocenters. The predicted molar refractivity (Wildman–Crippen MR) is 144 cm³/mol. The maximum absolute atomic E-state index is 13.9. The monoisotopic (exact) mass is 537 g/mol. The molecule has 0 fully saturated rings. The average molecular weight is 538 g/mol. The highest BCUT2D eigenvalue weighted by Gasteiger charge is 2.37. The molecular formula is C29H35N3O7. The summed E-state index contributed by atoms with van der Waals surface area (Å²) in [6.45, 7) is 6.83. The topological polar surface area (TPSA) is 134 Å². The maximum Gasteiger partial charge on any atom is 0.408 e. The Morgan fingerprint density at radius 1 is 1.05 bits per heavy atom. The van der Waals surface area contributed by atoms with Crippen molar-refractivity contribution in [3.8, 4) is 18.2 Å². The minimum absolute atomic E-state index is 0.0507. The molecule has 2 aromatic rings. The molecule has 0 aliphatic heterocycles. The zero-order valence-electron chi connectivity index (χ0n) is 22.6. The molecule has 3 N–H and O–H groups in total. The van der Waals surface area contributed by atoms with Crippen LogP contribution in [0.4, 0.5) is 4.79 Å². The number of nitrogens with one attached hydrogen (secondary N) is 2. The molecule has 0 saturated carbocycles. The van der Waals surface area contributed by atoms with Crippen molar-refractivity contribution in [1.29, 1.82) is 0 Å². The van der Waals surface area contributed by atoms with Crippen molar-refractivity contribution in [3.63, 3.8) is 0 Å². The number of phenols is 1. The second kappa shape index (κ2) is 14.4. The van der Waals surface area contributed by atoms with Crippen LogP contribution in [0.2, 0.25) is 0 Å². The zero-order valence-corrected chi connectivity index (χ0v) is 22.6. The van der Waals surface area contributed by atoms with E-state index in [-0.39, 0.29) is 37.3 Å². The molecule has 0 saturated heterocycles. The smallest absolute Gasteiger partial charge is 0.408 e. The number of amides is 3. The van der Waals surface area contributed by atoms with Gasteiger partial charge in [0.1, 0.15) is 17.4 Å². The number of benzene rings is 2. The number of ether oxygens (including phenoxy) is 2. The third-order valence-electron chi connectivity index (χ3n) is 5.32. The molecule has 208 valence electrons. The molecule has 0 aliphatic rings. The van der Waals surface area contributed by atoms with Gasteiger partial charge in [-0.2, -0.15) is 0 Å². The van der Waals surface area contributed by atoms with Gasteiger partial charge >= 0.3 is 12.1 Å². The molecule has 0 aliphatic carbocycles. The van der Waals surface area contributed by atoms with Crippen LogP contribution in [-0.4, -0.2) is 58.7 Å². The quantitative estimate of drug-likeness (QED) is 0.228. The Balaban J connectivity index is 2.42. The molecule has 0 aromatic heterocycles. The molecule has 2 rings (SSSR count). The van der Waals surface area contributed by atoms with Gasteiger partial charge in [-0.3, -0.25) is 19.3 Å². The highest BCUT2D eigenvalue weighted by atomic mass is 16.6. The average Bonchev–Trinajstić information content (AvgIpc) is 2.86. The summed E-state index contributed by atoms with van der Waals surface area (Å²) in [5, 5.41) is 15.7. The summed E-state index contributed by atoms with van der Waals surface area (Å²) in [6, 6.07) is 14.4. The van der Waals surface area contributed by atoms with Crippen LogP contribution in [0.5, 0.6) is 5.75 Å². The van der Waals surface area contributed by atoms with E-state index in [1.54, 1.807) is 64.1 Å². The van der Waals surface area contributed by atoms with Crippen LogP contribution in [0.1, 0.15) is 51.3 Å². The Labute approximate surface area is 228 Å². The van der Waals surface area contributed by atoms with Crippen molar-refractivity contribution < 1.29 is 33.8 Å². The van der Waals surface area contributed by atoms with E-state index in [0.717, 1.165) is 10.5 Å². The second-order valence-electron chi connectivity index (χ2n) is 9.53. The lowest BCUT2D eigenvalue weighted by Crippen LogP contribution is -2.52. The summed E-state index contributed by atoms with van der Waals surface area (Å²) >= 11 is 0. The minimum Gasteiger partial charge on any atom is -0.508 e. The minimum atomic E-state index is -1.47. The maximum atomic E-state index is 13.9. The molecule has 10 nitrogen and oxygen atoms in total. The van der Waals surface area contributed by atoms with Crippen molar-refractivity contribution in [3.05, 3.63) is 65.7 Å². The highest BCUT2D eigenvalue weighted by molar-refractivity contribution is 5.94. The number of carbonyl (C=O) groups is 4. The first-order chi connectivity index (χ1) is 18.5. The second-order valence-corrected chi connectivity index (χ2v) is 9.53. The first kappa shape index (κ1) is 30.7. The van der Waals surface area contributed by atoms with E-state index in [0.29, 0.717) is 0 Å². The summed E-state index contributed by atoms with van der Waals surface area (Å²) in [4.78, 5) is 52.4. The Morgan fingerprint density at radius 2 is 1.69 bits per heavy atom. The molecule has 0 bridgehead atoms. The number of rotatable bonds is 11. The van der Waals surface area contributed by atoms with Crippen LogP contribution in [-0.2, 0) is 30.3 Å². The number of nitrogens with zero attached hydrogens (tertiary/aromatic N) is 1. The summed E-state index contributed by atoms with van der Waals surface area (Å²) in [7, 11) is 0. The summed E-state index contributed by atoms with van der Waals surface area (Å²) < 4.78 is 10.2. The molecule has 0 heterocycles. The highest BCUT2D eigenvalue weighted by Crippen LogP contribution is 2.29. The summed E-state index contributed by atoms with van der Waals surface area (Å²) in [5.41, 5.74) is -0.0389. The van der Waals surface area contributed by atoms with Crippen LogP contribution < -0.4 is 10.6 Å². The molecule has 3 amide bonds. The molecular weight excluding hydrogens is 502 g/mol. The fraction of sp³-hybridized carbons (Fsp3) is 0.379. The van der Waals surface area contributed by atoms with Crippen LogP contribution >= 0.6 is 0 Å². The lowest BCUT2D eigenvalue weighted by Gasteiger charge is -2.30. The van der Waals surface area contributed by atoms with E-state index in [1.165, 1.54) is 12.1 Å². The lowest BCUT2D eigenvalue weighted by molar-refractivity contribution is -0.143. The Kier molecular flexibility index (Phi) is 11.4. The predicted octanol–water partition coefficient (Wildman–Crippen LogP) is 3.06. The third-order valence-corrected chi connectivity index (χ3v) is 5.32. The molecule has 10 heteroatoms. The van der Waals surface area contributed by atoms with Crippen molar-refractivity contribution in [2.75, 3.05) is 13.2 Å². The SMILES string of the molecule is C#CN(C(=O)C(Cc1ccccc1)NC(=O)OC(C)(C)C)C(C(=O)NCCC(=O)OCC)c1ccccc1O. The van der Waals surface area contributed by atoms with E-state index in [4.69, 9.17) is 15.9 Å². The van der Waals surface area contributed by atoms with E-state index < -0.39 is 41.6 Å². The van der Waals surface area contributed by atoms with Gasteiger partial charge in [-0.1, -0.05) is 55.0 Å². The van der Waals surface area contributed by atoms with Crippen molar-refractivity contribution in [1.82, 2.24) is 15.5 Å². The van der Waals surface area contributed by atoms with Gasteiger partial charge in [0.2, 0.25) is 5.91 Å². The number of esters is 1. The fourth-order valence-corrected chi connectivity index (χ4v) is 3.67. The van der Waals surface area contributed by atoms with Crippen molar-refractivity contribution in [2.24, 2.45) is 0 Å². The van der Waals surface area contributed by atoms with E-state index in [9.17, 15) is 24.3 Å². The largest absolute Gasteiger partial charge is 0.508 e. The van der Waals surface area contributed by atoms with Crippen molar-refractivity contribution >= 4 is 23.9 Å². The van der Waals surface area contributed by atoms with Gasteiger partial charge in [-0.25, -0.2) is 4.79 Å². The van der Waals surface area contributed by atoms with Gasteiger partial charge < -0.3 is 25.2 Å². The number of carbonyl (C=O) groups excluding carboxylic acids is 4. The summed E-state index contributed by atoms with van der Waals surface area (Å²) in [6.07, 6.45) is 4.86. The number of aromatic hydroxyl groups is 1. The molecule has 2 aromatic carbocycles. The van der Waals surface area contributed by atoms with Crippen molar-refractivity contribution in [2.45, 2.75) is 58.2 Å². The van der Waals surface area contributed by atoms with Gasteiger partial charge in [0.25, 0.3) is 5.91 Å². The molecule has 39 heavy (non-hydrogen) atoms. The fourth-order valence-electron chi connectivity index (χ4n) is 3.67. The number of alkyl carbamates (subject to hydrolysis) is 1. The Morgan fingerprint density at radius 3 is 2.28 bits per heavy atom. The van der Waals surface area contributed by atoms with E-state index in [2.05, 4.69) is 16.7 Å². The number of phenolic OH excluding ortho intramolecular Hbond substituents is 1. The molecule has 0 spiro atoms. The van der Waals surface area contributed by atoms with Gasteiger partial charge in [-0.15, -0.1) is 0 Å². The molecule has 2 atom stereocenters. The number of hydrogen-bond donors (Lipinski definition) is 3. The number of para-hydroxylation sites is 1. The van der Waals surface area contributed by atoms with Gasteiger partial charge in [0.15, 0.2) is 6.04 Å². The first-order valence-electron chi connectivity index (χ1n) is 12.5. The lowest BCUT2D eigenvalue weighted by atomic mass is 10.00. The van der Waals surface area contributed by atoms with Gasteiger partial charge in [0, 0.05) is 24.6 Å². The van der Waals surface area contributed by atoms with E-state index >= 15 is 0 Å². The van der Waals surface area contributed by atoms with Gasteiger partial charge in [-0.05, 0) is 39.3 Å². The number of hydrogen-bond acceptors (Lipinski definition) is 7. The zero-order chi connectivity index (χ0) is 29.0. The summed E-state index contributed by atoms with van der Waals surface area (Å²) in [5.74, 6) is -2.29.